The maximum Gasteiger partial charge on any atom is 0.187 e. The second-order valence-corrected chi connectivity index (χ2v) is 5.30. The number of nitrogens with zero attached hydrogens (tertiary/aromatic N) is 1. The van der Waals surface area contributed by atoms with E-state index in [0.717, 1.165) is 27.9 Å². The van der Waals surface area contributed by atoms with Gasteiger partial charge in [-0.25, -0.2) is 0 Å². The monoisotopic (exact) mass is 375 g/mol. The van der Waals surface area contributed by atoms with Gasteiger partial charge >= 0.3 is 0 Å². The third kappa shape index (κ3) is 2.51. The lowest BCUT2D eigenvalue weighted by Crippen LogP contribution is -2.31. The molecule has 0 amide bonds. The van der Waals surface area contributed by atoms with Gasteiger partial charge in [0, 0.05) is 22.7 Å². The fourth-order valence-corrected chi connectivity index (χ4v) is 2.78. The van der Waals surface area contributed by atoms with Crippen molar-refractivity contribution in [2.24, 2.45) is 0 Å². The number of benzene rings is 1. The van der Waals surface area contributed by atoms with E-state index in [1.54, 1.807) is 0 Å². The highest BCUT2D eigenvalue weighted by Crippen LogP contribution is 2.35. The van der Waals surface area contributed by atoms with Crippen molar-refractivity contribution in [3.05, 3.63) is 18.2 Å². The van der Waals surface area contributed by atoms with Gasteiger partial charge in [0.25, 0.3) is 0 Å². The van der Waals surface area contributed by atoms with E-state index in [2.05, 4.69) is 22.6 Å². The van der Waals surface area contributed by atoms with Crippen molar-refractivity contribution in [2.45, 2.75) is 12.3 Å². The summed E-state index contributed by atoms with van der Waals surface area (Å²) in [6.45, 7) is 1.85. The maximum atomic E-state index is 11.1. The molecule has 3 rings (SSSR count). The summed E-state index contributed by atoms with van der Waals surface area (Å²) in [6, 6.07) is 5.72. The van der Waals surface area contributed by atoms with Crippen LogP contribution in [0, 0.1) is 0 Å². The van der Waals surface area contributed by atoms with E-state index < -0.39 is 6.23 Å². The first kappa shape index (κ1) is 13.0. The molecular formula is C13H14INO4. The average Bonchev–Trinajstić information content (AvgIpc) is 2.90. The van der Waals surface area contributed by atoms with Crippen molar-refractivity contribution >= 4 is 34.6 Å². The van der Waals surface area contributed by atoms with Crippen LogP contribution >= 0.6 is 22.6 Å². The second-order valence-electron chi connectivity index (χ2n) is 4.42. The van der Waals surface area contributed by atoms with E-state index in [1.165, 1.54) is 0 Å². The van der Waals surface area contributed by atoms with Gasteiger partial charge < -0.3 is 19.1 Å². The van der Waals surface area contributed by atoms with E-state index in [4.69, 9.17) is 14.2 Å². The molecule has 102 valence electrons. The zero-order valence-corrected chi connectivity index (χ0v) is 12.4. The van der Waals surface area contributed by atoms with Crippen LogP contribution in [0.5, 0.6) is 11.5 Å². The Labute approximate surface area is 124 Å². The number of carbonyl (C=O) groups excluding carboxylic acids is 1. The number of alkyl halides is 1. The number of ether oxygens (including phenoxy) is 3. The van der Waals surface area contributed by atoms with Crippen LogP contribution in [0.25, 0.3) is 0 Å². The van der Waals surface area contributed by atoms with E-state index in [0.29, 0.717) is 19.8 Å². The molecule has 6 heteroatoms. The molecule has 2 atom stereocenters. The number of rotatable bonds is 3. The highest BCUT2D eigenvalue weighted by molar-refractivity contribution is 14.1. The lowest BCUT2D eigenvalue weighted by atomic mass is 10.2. The van der Waals surface area contributed by atoms with Gasteiger partial charge in [0.2, 0.25) is 0 Å². The smallest absolute Gasteiger partial charge is 0.187 e. The highest BCUT2D eigenvalue weighted by atomic mass is 127. The quantitative estimate of drug-likeness (QED) is 0.457. The zero-order valence-electron chi connectivity index (χ0n) is 10.3. The summed E-state index contributed by atoms with van der Waals surface area (Å²) in [5.41, 5.74) is 0.925. The molecule has 1 saturated heterocycles. The lowest BCUT2D eigenvalue weighted by molar-refractivity contribution is -0.116. The molecule has 0 bridgehead atoms. The number of carbonyl (C=O) groups is 1. The molecule has 0 aromatic heterocycles. The molecule has 0 saturated carbocycles. The predicted molar refractivity (Wildman–Crippen MR) is 78.4 cm³/mol. The van der Waals surface area contributed by atoms with Crippen LogP contribution < -0.4 is 14.4 Å². The van der Waals surface area contributed by atoms with Crippen LogP contribution in [0.2, 0.25) is 0 Å². The Hall–Kier alpha value is -1.02. The average molecular weight is 375 g/mol. The minimum Gasteiger partial charge on any atom is -0.486 e. The van der Waals surface area contributed by atoms with E-state index in [9.17, 15) is 4.79 Å². The normalized spacial score (nSPS) is 25.4. The standard InChI is InChI=1S/C13H14INO4/c14-6-10-7-15(13(8-16)19-10)9-1-2-11-12(5-9)18-4-3-17-11/h1-2,5,8,10,13H,3-4,6-7H2. The SMILES string of the molecule is O=CC1OC(CI)CN1c1ccc2c(c1)OCCO2. The molecule has 1 fully saturated rings. The van der Waals surface area contributed by atoms with Gasteiger partial charge in [-0.1, -0.05) is 22.6 Å². The summed E-state index contributed by atoms with van der Waals surface area (Å²) < 4.78 is 17.6. The first-order valence-corrected chi connectivity index (χ1v) is 7.67. The van der Waals surface area contributed by atoms with Gasteiger partial charge in [-0.2, -0.15) is 0 Å². The lowest BCUT2D eigenvalue weighted by Gasteiger charge is -2.24. The minimum atomic E-state index is -0.512. The van der Waals surface area contributed by atoms with E-state index in [-0.39, 0.29) is 6.10 Å². The molecule has 0 aliphatic carbocycles. The fraction of sp³-hybridized carbons (Fsp3) is 0.462. The Morgan fingerprint density at radius 2 is 2.11 bits per heavy atom. The van der Waals surface area contributed by atoms with Crippen molar-refractivity contribution < 1.29 is 19.0 Å². The van der Waals surface area contributed by atoms with Crippen LogP contribution in [-0.2, 0) is 9.53 Å². The van der Waals surface area contributed by atoms with Crippen LogP contribution in [0.3, 0.4) is 0 Å². The molecule has 1 aromatic carbocycles. The van der Waals surface area contributed by atoms with Crippen LogP contribution in [0.1, 0.15) is 0 Å². The molecular weight excluding hydrogens is 361 g/mol. The van der Waals surface area contributed by atoms with Gasteiger partial charge in [-0.15, -0.1) is 0 Å². The third-order valence-electron chi connectivity index (χ3n) is 3.19. The van der Waals surface area contributed by atoms with Gasteiger partial charge in [-0.05, 0) is 12.1 Å². The molecule has 2 aliphatic rings. The summed E-state index contributed by atoms with van der Waals surface area (Å²) in [4.78, 5) is 13.1. The largest absolute Gasteiger partial charge is 0.486 e. The second kappa shape index (κ2) is 5.54. The number of aldehydes is 1. The van der Waals surface area contributed by atoms with Crippen LogP contribution in [0.4, 0.5) is 5.69 Å². The Balaban J connectivity index is 1.87. The zero-order chi connectivity index (χ0) is 13.2. The van der Waals surface area contributed by atoms with Gasteiger partial charge in [0.05, 0.1) is 6.10 Å². The predicted octanol–water partition coefficient (Wildman–Crippen LogP) is 1.62. The Morgan fingerprint density at radius 3 is 2.84 bits per heavy atom. The summed E-state index contributed by atoms with van der Waals surface area (Å²) in [5, 5.41) is 0. The molecule has 2 unspecified atom stereocenters. The van der Waals surface area contributed by atoms with E-state index in [1.807, 2.05) is 23.1 Å². The molecule has 0 spiro atoms. The molecule has 5 nitrogen and oxygen atoms in total. The molecule has 19 heavy (non-hydrogen) atoms. The summed E-state index contributed by atoms with van der Waals surface area (Å²) >= 11 is 2.27. The highest BCUT2D eigenvalue weighted by Gasteiger charge is 2.32. The number of hydrogen-bond acceptors (Lipinski definition) is 5. The molecule has 0 N–H and O–H groups in total. The van der Waals surface area contributed by atoms with Crippen molar-refractivity contribution in [3.63, 3.8) is 0 Å². The summed E-state index contributed by atoms with van der Waals surface area (Å²) in [6.07, 6.45) is 0.412. The molecule has 1 aromatic rings. The Bertz CT molecular complexity index is 482. The van der Waals surface area contributed by atoms with Crippen LogP contribution in [0.15, 0.2) is 18.2 Å². The van der Waals surface area contributed by atoms with Crippen molar-refractivity contribution in [1.29, 1.82) is 0 Å². The topological polar surface area (TPSA) is 48.0 Å². The van der Waals surface area contributed by atoms with Crippen LogP contribution in [-0.4, -0.2) is 42.8 Å². The summed E-state index contributed by atoms with van der Waals surface area (Å²) in [7, 11) is 0. The Kier molecular flexibility index (Phi) is 3.79. The van der Waals surface area contributed by atoms with Gasteiger partial charge in [-0.3, -0.25) is 4.79 Å². The van der Waals surface area contributed by atoms with Crippen molar-refractivity contribution in [2.75, 3.05) is 29.1 Å². The Morgan fingerprint density at radius 1 is 1.32 bits per heavy atom. The first-order chi connectivity index (χ1) is 9.31. The fourth-order valence-electron chi connectivity index (χ4n) is 2.29. The number of hydrogen-bond donors (Lipinski definition) is 0. The third-order valence-corrected chi connectivity index (χ3v) is 4.17. The van der Waals surface area contributed by atoms with Crippen molar-refractivity contribution in [3.8, 4) is 11.5 Å². The van der Waals surface area contributed by atoms with Gasteiger partial charge in [0.1, 0.15) is 13.2 Å². The summed E-state index contributed by atoms with van der Waals surface area (Å²) in [5.74, 6) is 1.48. The van der Waals surface area contributed by atoms with Crippen molar-refractivity contribution in [1.82, 2.24) is 0 Å². The molecule has 0 radical (unpaired) electrons. The number of fused-ring (bicyclic) bond motifs is 1. The minimum absolute atomic E-state index is 0.0870. The molecule has 2 heterocycles. The van der Waals surface area contributed by atoms with E-state index >= 15 is 0 Å². The van der Waals surface area contributed by atoms with Gasteiger partial charge in [0.15, 0.2) is 24.0 Å². The number of halogens is 1. The molecule has 2 aliphatic heterocycles. The first-order valence-electron chi connectivity index (χ1n) is 6.15. The number of anilines is 1. The maximum absolute atomic E-state index is 11.1.